The van der Waals surface area contributed by atoms with Gasteiger partial charge in [-0.1, -0.05) is 18.7 Å². The number of nitrogens with one attached hydrogen (secondary N) is 1. The summed E-state index contributed by atoms with van der Waals surface area (Å²) in [4.78, 5) is 27.0. The Morgan fingerprint density at radius 2 is 2.06 bits per heavy atom. The molecule has 5 heteroatoms. The van der Waals surface area contributed by atoms with E-state index in [-0.39, 0.29) is 16.9 Å². The summed E-state index contributed by atoms with van der Waals surface area (Å²) >= 11 is 1.45. The van der Waals surface area contributed by atoms with Gasteiger partial charge in [0.1, 0.15) is 0 Å². The van der Waals surface area contributed by atoms with E-state index in [1.54, 1.807) is 24.3 Å². The molecule has 0 radical (unpaired) electrons. The highest BCUT2D eigenvalue weighted by Crippen LogP contribution is 2.24. The largest absolute Gasteiger partial charge is 0.304 e. The Morgan fingerprint density at radius 1 is 1.39 bits per heavy atom. The van der Waals surface area contributed by atoms with Crippen molar-refractivity contribution in [3.05, 3.63) is 29.8 Å². The summed E-state index contributed by atoms with van der Waals surface area (Å²) in [5.74, 6) is 0.0467. The molecule has 1 fully saturated rings. The first-order chi connectivity index (χ1) is 8.60. The van der Waals surface area contributed by atoms with Gasteiger partial charge in [-0.25, -0.2) is 4.99 Å². The normalized spacial score (nSPS) is 21.1. The minimum Gasteiger partial charge on any atom is -0.304 e. The molecule has 1 amide bonds. The van der Waals surface area contributed by atoms with E-state index in [1.807, 2.05) is 6.92 Å². The molecule has 1 aromatic carbocycles. The predicted molar refractivity (Wildman–Crippen MR) is 73.4 cm³/mol. The molecule has 1 N–H and O–H groups in total. The standard InChI is InChI=1S/C13H14N2O2S/c1-3-11-12(17)15-13(18-11)14-10-6-4-9(5-7-10)8(2)16/h4-7,11H,3H2,1-2H3,(H,14,15,17)/t11-/m1/s1. The van der Waals surface area contributed by atoms with Gasteiger partial charge in [-0.2, -0.15) is 0 Å². The highest BCUT2D eigenvalue weighted by atomic mass is 32.2. The smallest absolute Gasteiger partial charge is 0.239 e. The quantitative estimate of drug-likeness (QED) is 0.851. The number of carbonyl (C=O) groups excluding carboxylic acids is 2. The number of carbonyl (C=O) groups is 2. The molecule has 0 unspecified atom stereocenters. The minimum absolute atomic E-state index is 0.0154. The van der Waals surface area contributed by atoms with E-state index in [2.05, 4.69) is 10.3 Å². The number of amidine groups is 1. The lowest BCUT2D eigenvalue weighted by Gasteiger charge is -1.99. The fraction of sp³-hybridized carbons (Fsp3) is 0.308. The van der Waals surface area contributed by atoms with E-state index in [0.717, 1.165) is 12.1 Å². The lowest BCUT2D eigenvalue weighted by Crippen LogP contribution is -2.24. The summed E-state index contributed by atoms with van der Waals surface area (Å²) in [5.41, 5.74) is 1.40. The van der Waals surface area contributed by atoms with Gasteiger partial charge < -0.3 is 5.32 Å². The number of thioether (sulfide) groups is 1. The average Bonchev–Trinajstić information content (AvgIpc) is 2.70. The maximum atomic E-state index is 11.5. The molecule has 0 spiro atoms. The van der Waals surface area contributed by atoms with E-state index in [0.29, 0.717) is 10.7 Å². The number of benzene rings is 1. The molecule has 0 aromatic heterocycles. The molecule has 0 aliphatic carbocycles. The highest BCUT2D eigenvalue weighted by molar-refractivity contribution is 8.15. The number of Topliss-reactive ketones (excluding diaryl/α,β-unsaturated/α-hetero) is 1. The number of hydrogen-bond acceptors (Lipinski definition) is 4. The van der Waals surface area contributed by atoms with Crippen molar-refractivity contribution in [2.45, 2.75) is 25.5 Å². The second-order valence-corrected chi connectivity index (χ2v) is 5.22. The van der Waals surface area contributed by atoms with Crippen LogP contribution in [0.15, 0.2) is 29.3 Å². The Bertz CT molecular complexity index is 508. The maximum absolute atomic E-state index is 11.5. The van der Waals surface area contributed by atoms with Crippen LogP contribution in [0.5, 0.6) is 0 Å². The number of ketones is 1. The third-order valence-electron chi connectivity index (χ3n) is 2.65. The molecule has 1 aliphatic heterocycles. The molecule has 1 heterocycles. The Labute approximate surface area is 110 Å². The number of aliphatic imine (C=N–C) groups is 1. The van der Waals surface area contributed by atoms with Gasteiger partial charge in [0.25, 0.3) is 0 Å². The van der Waals surface area contributed by atoms with Crippen LogP contribution in [-0.4, -0.2) is 22.1 Å². The van der Waals surface area contributed by atoms with E-state index < -0.39 is 0 Å². The Hall–Kier alpha value is -1.62. The van der Waals surface area contributed by atoms with Crippen molar-refractivity contribution in [2.24, 2.45) is 4.99 Å². The van der Waals surface area contributed by atoms with E-state index >= 15 is 0 Å². The van der Waals surface area contributed by atoms with Crippen molar-refractivity contribution in [1.82, 2.24) is 5.32 Å². The second-order valence-electron chi connectivity index (χ2n) is 4.02. The first-order valence-electron chi connectivity index (χ1n) is 5.77. The molecule has 94 valence electrons. The van der Waals surface area contributed by atoms with Gasteiger partial charge in [0, 0.05) is 5.56 Å². The van der Waals surface area contributed by atoms with Crippen LogP contribution in [-0.2, 0) is 4.79 Å². The van der Waals surface area contributed by atoms with Crippen LogP contribution in [0.2, 0.25) is 0 Å². The third-order valence-corrected chi connectivity index (χ3v) is 3.90. The predicted octanol–water partition coefficient (Wildman–Crippen LogP) is 2.52. The van der Waals surface area contributed by atoms with Crippen LogP contribution in [0, 0.1) is 0 Å². The molecule has 1 atom stereocenters. The number of rotatable bonds is 3. The van der Waals surface area contributed by atoms with Crippen LogP contribution in [0.3, 0.4) is 0 Å². The van der Waals surface area contributed by atoms with Gasteiger partial charge in [-0.3, -0.25) is 9.59 Å². The summed E-state index contributed by atoms with van der Waals surface area (Å²) < 4.78 is 0. The lowest BCUT2D eigenvalue weighted by molar-refractivity contribution is -0.118. The molecule has 4 nitrogen and oxygen atoms in total. The van der Waals surface area contributed by atoms with Gasteiger partial charge in [-0.05, 0) is 37.6 Å². The molecule has 18 heavy (non-hydrogen) atoms. The summed E-state index contributed by atoms with van der Waals surface area (Å²) in [6, 6.07) is 7.02. The topological polar surface area (TPSA) is 58.5 Å². The summed E-state index contributed by atoms with van der Waals surface area (Å²) in [7, 11) is 0. The van der Waals surface area contributed by atoms with Crippen molar-refractivity contribution in [1.29, 1.82) is 0 Å². The first-order valence-corrected chi connectivity index (χ1v) is 6.65. The maximum Gasteiger partial charge on any atom is 0.239 e. The molecular formula is C13H14N2O2S. The van der Waals surface area contributed by atoms with Gasteiger partial charge in [0.05, 0.1) is 10.9 Å². The summed E-state index contributed by atoms with van der Waals surface area (Å²) in [6.07, 6.45) is 0.790. The highest BCUT2D eigenvalue weighted by Gasteiger charge is 2.28. The summed E-state index contributed by atoms with van der Waals surface area (Å²) in [6.45, 7) is 3.50. The molecule has 1 saturated heterocycles. The molecule has 1 aromatic rings. The van der Waals surface area contributed by atoms with E-state index in [1.165, 1.54) is 18.7 Å². The molecule has 2 rings (SSSR count). The van der Waals surface area contributed by atoms with Crippen molar-refractivity contribution in [3.63, 3.8) is 0 Å². The molecule has 1 aliphatic rings. The number of hydrogen-bond donors (Lipinski definition) is 1. The first kappa shape index (κ1) is 12.8. The zero-order valence-electron chi connectivity index (χ0n) is 10.3. The van der Waals surface area contributed by atoms with Crippen LogP contribution < -0.4 is 5.32 Å². The SMILES string of the molecule is CC[C@H]1SC(=Nc2ccc(C(C)=O)cc2)NC1=O. The van der Waals surface area contributed by atoms with Crippen molar-refractivity contribution < 1.29 is 9.59 Å². The molecule has 0 bridgehead atoms. The summed E-state index contributed by atoms with van der Waals surface area (Å²) in [5, 5.41) is 3.33. The lowest BCUT2D eigenvalue weighted by atomic mass is 10.1. The van der Waals surface area contributed by atoms with Gasteiger partial charge in [0.15, 0.2) is 11.0 Å². The zero-order chi connectivity index (χ0) is 13.1. The van der Waals surface area contributed by atoms with Crippen LogP contribution in [0.25, 0.3) is 0 Å². The fourth-order valence-corrected chi connectivity index (χ4v) is 2.53. The van der Waals surface area contributed by atoms with Gasteiger partial charge in [0.2, 0.25) is 5.91 Å². The van der Waals surface area contributed by atoms with Crippen molar-refractivity contribution in [2.75, 3.05) is 0 Å². The fourth-order valence-electron chi connectivity index (χ4n) is 1.61. The van der Waals surface area contributed by atoms with Crippen molar-refractivity contribution >= 4 is 34.3 Å². The van der Waals surface area contributed by atoms with E-state index in [9.17, 15) is 9.59 Å². The third kappa shape index (κ3) is 2.79. The monoisotopic (exact) mass is 262 g/mol. The molecular weight excluding hydrogens is 248 g/mol. The van der Waals surface area contributed by atoms with Crippen molar-refractivity contribution in [3.8, 4) is 0 Å². The van der Waals surface area contributed by atoms with Crippen LogP contribution in [0.4, 0.5) is 5.69 Å². The Balaban J connectivity index is 2.14. The average molecular weight is 262 g/mol. The second kappa shape index (κ2) is 5.35. The number of nitrogens with zero attached hydrogens (tertiary/aromatic N) is 1. The zero-order valence-corrected chi connectivity index (χ0v) is 11.1. The Kier molecular flexibility index (Phi) is 3.81. The number of amides is 1. The van der Waals surface area contributed by atoms with Gasteiger partial charge in [-0.15, -0.1) is 0 Å². The molecule has 0 saturated carbocycles. The Morgan fingerprint density at radius 3 is 2.56 bits per heavy atom. The van der Waals surface area contributed by atoms with Crippen LogP contribution >= 0.6 is 11.8 Å². The van der Waals surface area contributed by atoms with Crippen LogP contribution in [0.1, 0.15) is 30.6 Å². The van der Waals surface area contributed by atoms with E-state index in [4.69, 9.17) is 0 Å². The minimum atomic E-state index is -0.0414. The van der Waals surface area contributed by atoms with Gasteiger partial charge >= 0.3 is 0 Å².